The maximum atomic E-state index is 5.41. The number of aromatic nitrogens is 2. The molecule has 3 heterocycles. The Morgan fingerprint density at radius 2 is 2.05 bits per heavy atom. The molecule has 5 heteroatoms. The zero-order valence-corrected chi connectivity index (χ0v) is 11.4. The summed E-state index contributed by atoms with van der Waals surface area (Å²) in [5.41, 5.74) is 1.88. The molecule has 0 bridgehead atoms. The van der Waals surface area contributed by atoms with E-state index in [1.807, 2.05) is 36.4 Å². The molecule has 0 saturated carbocycles. The standard InChI is InChI=1S/C16H14N2O3/c1-3-11(14-5-2-7-20-14)9-12(4-1)16-17-15(18-21-16)13-6-8-19-10-13/h1-5,7,9,13H,6,8,10H2. The van der Waals surface area contributed by atoms with Crippen molar-refractivity contribution in [3.8, 4) is 22.8 Å². The number of benzene rings is 1. The molecule has 1 aliphatic rings. The molecule has 0 radical (unpaired) electrons. The number of rotatable bonds is 3. The molecule has 106 valence electrons. The second kappa shape index (κ2) is 5.18. The summed E-state index contributed by atoms with van der Waals surface area (Å²) in [7, 11) is 0. The van der Waals surface area contributed by atoms with Crippen LogP contribution in [0.4, 0.5) is 0 Å². The number of ether oxygens (including phenoxy) is 1. The van der Waals surface area contributed by atoms with Gasteiger partial charge in [-0.2, -0.15) is 4.98 Å². The van der Waals surface area contributed by atoms with Crippen LogP contribution in [0.25, 0.3) is 22.8 Å². The maximum absolute atomic E-state index is 5.41. The van der Waals surface area contributed by atoms with Gasteiger partial charge in [-0.1, -0.05) is 17.3 Å². The van der Waals surface area contributed by atoms with E-state index >= 15 is 0 Å². The Bertz CT molecular complexity index is 728. The lowest BCUT2D eigenvalue weighted by Gasteiger charge is -1.99. The van der Waals surface area contributed by atoms with E-state index in [4.69, 9.17) is 13.7 Å². The second-order valence-electron chi connectivity index (χ2n) is 5.08. The first kappa shape index (κ1) is 12.3. The summed E-state index contributed by atoms with van der Waals surface area (Å²) in [6, 6.07) is 11.7. The van der Waals surface area contributed by atoms with Gasteiger partial charge in [0.25, 0.3) is 5.89 Å². The Kier molecular flexibility index (Phi) is 3.05. The molecular weight excluding hydrogens is 268 g/mol. The third-order valence-electron chi connectivity index (χ3n) is 3.65. The third kappa shape index (κ3) is 2.36. The molecule has 1 fully saturated rings. The maximum Gasteiger partial charge on any atom is 0.257 e. The monoisotopic (exact) mass is 282 g/mol. The Hall–Kier alpha value is -2.40. The van der Waals surface area contributed by atoms with Crippen LogP contribution < -0.4 is 0 Å². The Morgan fingerprint density at radius 1 is 1.10 bits per heavy atom. The zero-order valence-electron chi connectivity index (χ0n) is 11.4. The second-order valence-corrected chi connectivity index (χ2v) is 5.08. The van der Waals surface area contributed by atoms with Crippen LogP contribution >= 0.6 is 0 Å². The van der Waals surface area contributed by atoms with Gasteiger partial charge in [-0.25, -0.2) is 0 Å². The van der Waals surface area contributed by atoms with Crippen LogP contribution in [-0.4, -0.2) is 23.4 Å². The topological polar surface area (TPSA) is 61.3 Å². The average molecular weight is 282 g/mol. The highest BCUT2D eigenvalue weighted by molar-refractivity contribution is 5.66. The van der Waals surface area contributed by atoms with Gasteiger partial charge < -0.3 is 13.7 Å². The number of furan rings is 1. The van der Waals surface area contributed by atoms with Crippen LogP contribution in [0.1, 0.15) is 18.2 Å². The fourth-order valence-corrected chi connectivity index (χ4v) is 2.50. The van der Waals surface area contributed by atoms with Crippen molar-refractivity contribution in [3.05, 3.63) is 48.5 Å². The molecule has 0 amide bonds. The van der Waals surface area contributed by atoms with Gasteiger partial charge in [0.15, 0.2) is 5.82 Å². The van der Waals surface area contributed by atoms with Gasteiger partial charge in [0.1, 0.15) is 5.76 Å². The van der Waals surface area contributed by atoms with Gasteiger partial charge in [-0.3, -0.25) is 0 Å². The van der Waals surface area contributed by atoms with E-state index < -0.39 is 0 Å². The van der Waals surface area contributed by atoms with Crippen LogP contribution in [0.15, 0.2) is 51.6 Å². The highest BCUT2D eigenvalue weighted by Crippen LogP contribution is 2.28. The van der Waals surface area contributed by atoms with Gasteiger partial charge in [-0.15, -0.1) is 0 Å². The van der Waals surface area contributed by atoms with Crippen molar-refractivity contribution in [2.45, 2.75) is 12.3 Å². The first-order valence-corrected chi connectivity index (χ1v) is 6.96. The smallest absolute Gasteiger partial charge is 0.257 e. The quantitative estimate of drug-likeness (QED) is 0.735. The fraction of sp³-hybridized carbons (Fsp3) is 0.250. The Labute approximate surface area is 121 Å². The Balaban J connectivity index is 1.65. The van der Waals surface area contributed by atoms with Crippen molar-refractivity contribution in [2.75, 3.05) is 13.2 Å². The molecule has 3 aromatic rings. The van der Waals surface area contributed by atoms with Crippen molar-refractivity contribution >= 4 is 0 Å². The minimum atomic E-state index is 0.246. The van der Waals surface area contributed by atoms with Crippen LogP contribution in [0.5, 0.6) is 0 Å². The molecule has 1 saturated heterocycles. The first-order chi connectivity index (χ1) is 10.4. The average Bonchev–Trinajstić information content (AvgIpc) is 3.26. The van der Waals surface area contributed by atoms with E-state index in [0.717, 1.165) is 35.7 Å². The molecule has 4 rings (SSSR count). The van der Waals surface area contributed by atoms with Crippen molar-refractivity contribution in [3.63, 3.8) is 0 Å². The minimum Gasteiger partial charge on any atom is -0.464 e. The van der Waals surface area contributed by atoms with E-state index in [-0.39, 0.29) is 5.92 Å². The normalized spacial score (nSPS) is 18.2. The highest BCUT2D eigenvalue weighted by atomic mass is 16.5. The van der Waals surface area contributed by atoms with E-state index in [9.17, 15) is 0 Å². The predicted molar refractivity (Wildman–Crippen MR) is 75.6 cm³/mol. The summed E-state index contributed by atoms with van der Waals surface area (Å²) in [6.45, 7) is 1.44. The molecule has 1 aromatic carbocycles. The van der Waals surface area contributed by atoms with Gasteiger partial charge in [0, 0.05) is 23.7 Å². The highest BCUT2D eigenvalue weighted by Gasteiger charge is 2.23. The summed E-state index contributed by atoms with van der Waals surface area (Å²) < 4.78 is 16.2. The SMILES string of the molecule is c1cc(-c2ccco2)cc(-c2nc(C3CCOC3)no2)c1. The van der Waals surface area contributed by atoms with Crippen LogP contribution in [0, 0.1) is 0 Å². The lowest BCUT2D eigenvalue weighted by Crippen LogP contribution is -1.99. The van der Waals surface area contributed by atoms with Crippen molar-refractivity contribution in [1.29, 1.82) is 0 Å². The molecule has 0 aliphatic carbocycles. The van der Waals surface area contributed by atoms with E-state index in [1.54, 1.807) is 6.26 Å². The minimum absolute atomic E-state index is 0.246. The van der Waals surface area contributed by atoms with Gasteiger partial charge >= 0.3 is 0 Å². The van der Waals surface area contributed by atoms with E-state index in [1.165, 1.54) is 0 Å². The molecule has 0 spiro atoms. The molecule has 1 aliphatic heterocycles. The van der Waals surface area contributed by atoms with Crippen molar-refractivity contribution in [2.24, 2.45) is 0 Å². The summed E-state index contributed by atoms with van der Waals surface area (Å²) >= 11 is 0. The van der Waals surface area contributed by atoms with Crippen LogP contribution in [0.3, 0.4) is 0 Å². The van der Waals surface area contributed by atoms with E-state index in [0.29, 0.717) is 12.5 Å². The Morgan fingerprint density at radius 3 is 2.86 bits per heavy atom. The largest absolute Gasteiger partial charge is 0.464 e. The molecule has 1 atom stereocenters. The first-order valence-electron chi connectivity index (χ1n) is 6.96. The number of hydrogen-bond acceptors (Lipinski definition) is 5. The molecule has 21 heavy (non-hydrogen) atoms. The van der Waals surface area contributed by atoms with Crippen LogP contribution in [-0.2, 0) is 4.74 Å². The molecule has 2 aromatic heterocycles. The van der Waals surface area contributed by atoms with Gasteiger partial charge in [0.05, 0.1) is 12.9 Å². The summed E-state index contributed by atoms with van der Waals surface area (Å²) in [5.74, 6) is 2.33. The summed E-state index contributed by atoms with van der Waals surface area (Å²) in [6.07, 6.45) is 2.61. The summed E-state index contributed by atoms with van der Waals surface area (Å²) in [5, 5.41) is 4.08. The molecular formula is C16H14N2O3. The van der Waals surface area contributed by atoms with Crippen LogP contribution in [0.2, 0.25) is 0 Å². The number of nitrogens with zero attached hydrogens (tertiary/aromatic N) is 2. The van der Waals surface area contributed by atoms with Gasteiger partial charge in [-0.05, 0) is 30.7 Å². The van der Waals surface area contributed by atoms with Crippen molar-refractivity contribution < 1.29 is 13.7 Å². The van der Waals surface area contributed by atoms with Gasteiger partial charge in [0.2, 0.25) is 0 Å². The zero-order chi connectivity index (χ0) is 14.1. The lowest BCUT2D eigenvalue weighted by atomic mass is 10.1. The lowest BCUT2D eigenvalue weighted by molar-refractivity contribution is 0.192. The molecule has 0 N–H and O–H groups in total. The molecule has 5 nitrogen and oxygen atoms in total. The number of hydrogen-bond donors (Lipinski definition) is 0. The third-order valence-corrected chi connectivity index (χ3v) is 3.65. The van der Waals surface area contributed by atoms with E-state index in [2.05, 4.69) is 10.1 Å². The summed E-state index contributed by atoms with van der Waals surface area (Å²) in [4.78, 5) is 4.50. The fourth-order valence-electron chi connectivity index (χ4n) is 2.50. The van der Waals surface area contributed by atoms with Crippen molar-refractivity contribution in [1.82, 2.24) is 10.1 Å². The predicted octanol–water partition coefficient (Wildman–Crippen LogP) is 3.50. The molecule has 1 unspecified atom stereocenters.